The number of aromatic nitrogens is 4. The van der Waals surface area contributed by atoms with Crippen LogP contribution in [0.15, 0.2) is 5.16 Å². The number of thiophene rings is 1. The zero-order chi connectivity index (χ0) is 15.6. The lowest BCUT2D eigenvalue weighted by atomic mass is 9.89. The highest BCUT2D eigenvalue weighted by Gasteiger charge is 2.32. The van der Waals surface area contributed by atoms with Crippen molar-refractivity contribution in [2.45, 2.75) is 57.0 Å². The van der Waals surface area contributed by atoms with E-state index in [2.05, 4.69) is 28.4 Å². The van der Waals surface area contributed by atoms with E-state index in [1.54, 1.807) is 11.8 Å². The Morgan fingerprint density at radius 3 is 2.91 bits per heavy atom. The third kappa shape index (κ3) is 2.14. The summed E-state index contributed by atoms with van der Waals surface area (Å²) in [5.41, 5.74) is 2.56. The molecule has 1 fully saturated rings. The third-order valence-corrected chi connectivity index (χ3v) is 6.97. The third-order valence-electron chi connectivity index (χ3n) is 5.01. The Labute approximate surface area is 143 Å². The van der Waals surface area contributed by atoms with Gasteiger partial charge in [-0.15, -0.1) is 21.5 Å². The van der Waals surface area contributed by atoms with E-state index in [1.807, 2.05) is 11.3 Å². The predicted molar refractivity (Wildman–Crippen MR) is 95.7 cm³/mol. The SMILES string of the molecule is CCSc1nnc2c3c4c(sc3nc(C3CC3)n12)C[C@@H](C)CC4. The minimum Gasteiger partial charge on any atom is -0.257 e. The summed E-state index contributed by atoms with van der Waals surface area (Å²) in [6, 6.07) is 0. The van der Waals surface area contributed by atoms with Gasteiger partial charge in [-0.3, -0.25) is 4.40 Å². The molecule has 4 nitrogen and oxygen atoms in total. The second-order valence-corrected chi connectivity index (χ2v) is 9.17. The number of thioether (sulfide) groups is 1. The summed E-state index contributed by atoms with van der Waals surface area (Å²) in [5.74, 6) is 3.60. The molecule has 0 aliphatic heterocycles. The number of fused-ring (bicyclic) bond motifs is 5. The first kappa shape index (κ1) is 14.2. The molecule has 0 N–H and O–H groups in total. The molecule has 0 aromatic carbocycles. The topological polar surface area (TPSA) is 43.1 Å². The number of aryl methyl sites for hydroxylation is 1. The van der Waals surface area contributed by atoms with Crippen molar-refractivity contribution < 1.29 is 0 Å². The van der Waals surface area contributed by atoms with Crippen LogP contribution in [0.2, 0.25) is 0 Å². The molecular formula is C17H20N4S2. The van der Waals surface area contributed by atoms with Crippen molar-refractivity contribution in [2.75, 3.05) is 5.75 Å². The van der Waals surface area contributed by atoms with Gasteiger partial charge in [0.25, 0.3) is 0 Å². The lowest BCUT2D eigenvalue weighted by molar-refractivity contribution is 0.509. The summed E-state index contributed by atoms with van der Waals surface area (Å²) < 4.78 is 2.26. The first-order valence-electron chi connectivity index (χ1n) is 8.58. The van der Waals surface area contributed by atoms with Gasteiger partial charge in [-0.05, 0) is 49.3 Å². The number of nitrogens with zero attached hydrogens (tertiary/aromatic N) is 4. The molecule has 3 heterocycles. The van der Waals surface area contributed by atoms with Gasteiger partial charge in [-0.1, -0.05) is 25.6 Å². The van der Waals surface area contributed by atoms with E-state index in [4.69, 9.17) is 4.98 Å². The Kier molecular flexibility index (Phi) is 3.20. The standard InChI is InChI=1S/C17H20N4S2/c1-3-22-17-20-19-15-13-11-7-4-9(2)8-12(11)23-16(13)18-14(21(15)17)10-5-6-10/h9-10H,3-8H2,1-2H3/t9-/m0/s1. The van der Waals surface area contributed by atoms with Crippen molar-refractivity contribution in [2.24, 2.45) is 5.92 Å². The van der Waals surface area contributed by atoms with E-state index >= 15 is 0 Å². The molecule has 0 spiro atoms. The quantitative estimate of drug-likeness (QED) is 0.658. The lowest BCUT2D eigenvalue weighted by Crippen LogP contribution is -2.09. The minimum atomic E-state index is 0.604. The van der Waals surface area contributed by atoms with Crippen LogP contribution in [0.4, 0.5) is 0 Å². The molecule has 2 aliphatic rings. The smallest absolute Gasteiger partial charge is 0.197 e. The van der Waals surface area contributed by atoms with Gasteiger partial charge in [-0.2, -0.15) is 0 Å². The van der Waals surface area contributed by atoms with Crippen molar-refractivity contribution in [3.63, 3.8) is 0 Å². The molecule has 0 unspecified atom stereocenters. The molecule has 6 heteroatoms. The largest absolute Gasteiger partial charge is 0.257 e. The van der Waals surface area contributed by atoms with Gasteiger partial charge >= 0.3 is 0 Å². The fourth-order valence-electron chi connectivity index (χ4n) is 3.68. The Morgan fingerprint density at radius 2 is 2.13 bits per heavy atom. The second-order valence-electron chi connectivity index (χ2n) is 6.85. The molecule has 0 radical (unpaired) electrons. The van der Waals surface area contributed by atoms with E-state index in [0.717, 1.165) is 22.5 Å². The summed E-state index contributed by atoms with van der Waals surface area (Å²) >= 11 is 3.67. The Hall–Kier alpha value is -1.14. The Bertz CT molecular complexity index is 906. The maximum atomic E-state index is 5.10. The zero-order valence-corrected chi connectivity index (χ0v) is 15.1. The molecule has 3 aromatic heterocycles. The van der Waals surface area contributed by atoms with Crippen molar-refractivity contribution in [3.8, 4) is 0 Å². The number of hydrogen-bond donors (Lipinski definition) is 0. The monoisotopic (exact) mass is 344 g/mol. The van der Waals surface area contributed by atoms with Crippen molar-refractivity contribution >= 4 is 39.0 Å². The molecule has 1 atom stereocenters. The highest BCUT2D eigenvalue weighted by atomic mass is 32.2. The summed E-state index contributed by atoms with van der Waals surface area (Å²) in [6.45, 7) is 4.53. The summed E-state index contributed by atoms with van der Waals surface area (Å²) in [5, 5.41) is 11.4. The van der Waals surface area contributed by atoms with Crippen LogP contribution in [0.1, 0.15) is 55.3 Å². The lowest BCUT2D eigenvalue weighted by Gasteiger charge is -2.17. The number of rotatable bonds is 3. The first-order chi connectivity index (χ1) is 11.3. The fraction of sp³-hybridized carbons (Fsp3) is 0.588. The summed E-state index contributed by atoms with van der Waals surface area (Å²) in [4.78, 5) is 7.83. The van der Waals surface area contributed by atoms with Crippen LogP contribution in [0.5, 0.6) is 0 Å². The summed E-state index contributed by atoms with van der Waals surface area (Å²) in [7, 11) is 0. The van der Waals surface area contributed by atoms with Gasteiger partial charge in [-0.25, -0.2) is 4.98 Å². The van der Waals surface area contributed by atoms with Gasteiger partial charge in [0.1, 0.15) is 10.7 Å². The highest BCUT2D eigenvalue weighted by molar-refractivity contribution is 7.99. The molecule has 23 heavy (non-hydrogen) atoms. The predicted octanol–water partition coefficient (Wildman–Crippen LogP) is 4.45. The average Bonchev–Trinajstić information content (AvgIpc) is 3.20. The van der Waals surface area contributed by atoms with Crippen LogP contribution >= 0.6 is 23.1 Å². The van der Waals surface area contributed by atoms with Gasteiger partial charge in [0.15, 0.2) is 10.8 Å². The molecule has 5 rings (SSSR count). The zero-order valence-electron chi connectivity index (χ0n) is 13.5. The molecule has 120 valence electrons. The van der Waals surface area contributed by atoms with E-state index in [0.29, 0.717) is 5.92 Å². The van der Waals surface area contributed by atoms with Crippen molar-refractivity contribution in [1.82, 2.24) is 19.6 Å². The molecule has 0 saturated heterocycles. The molecule has 2 aliphatic carbocycles. The van der Waals surface area contributed by atoms with Gasteiger partial charge in [0.05, 0.1) is 5.39 Å². The maximum absolute atomic E-state index is 5.10. The Morgan fingerprint density at radius 1 is 1.26 bits per heavy atom. The minimum absolute atomic E-state index is 0.604. The van der Waals surface area contributed by atoms with Crippen LogP contribution < -0.4 is 0 Å². The van der Waals surface area contributed by atoms with Crippen LogP contribution in [-0.4, -0.2) is 25.3 Å². The molecular weight excluding hydrogens is 324 g/mol. The van der Waals surface area contributed by atoms with Gasteiger partial charge in [0.2, 0.25) is 0 Å². The van der Waals surface area contributed by atoms with Crippen LogP contribution in [0, 0.1) is 5.92 Å². The highest BCUT2D eigenvalue weighted by Crippen LogP contribution is 2.44. The number of hydrogen-bond acceptors (Lipinski definition) is 5. The van der Waals surface area contributed by atoms with Gasteiger partial charge < -0.3 is 0 Å². The molecule has 3 aromatic rings. The van der Waals surface area contributed by atoms with Crippen molar-refractivity contribution in [3.05, 3.63) is 16.3 Å². The maximum Gasteiger partial charge on any atom is 0.197 e. The van der Waals surface area contributed by atoms with Crippen LogP contribution in [0.3, 0.4) is 0 Å². The molecule has 1 saturated carbocycles. The van der Waals surface area contributed by atoms with Crippen LogP contribution in [0.25, 0.3) is 15.9 Å². The normalized spacial score (nSPS) is 21.2. The van der Waals surface area contributed by atoms with Crippen LogP contribution in [-0.2, 0) is 12.8 Å². The Balaban J connectivity index is 1.83. The van der Waals surface area contributed by atoms with Gasteiger partial charge in [0, 0.05) is 10.8 Å². The van der Waals surface area contributed by atoms with E-state index in [-0.39, 0.29) is 0 Å². The second kappa shape index (κ2) is 5.18. The van der Waals surface area contributed by atoms with E-state index in [1.165, 1.54) is 58.6 Å². The molecule has 0 bridgehead atoms. The van der Waals surface area contributed by atoms with E-state index < -0.39 is 0 Å². The summed E-state index contributed by atoms with van der Waals surface area (Å²) in [6.07, 6.45) is 6.15. The molecule has 0 amide bonds. The average molecular weight is 345 g/mol. The van der Waals surface area contributed by atoms with Crippen molar-refractivity contribution in [1.29, 1.82) is 0 Å². The van der Waals surface area contributed by atoms with E-state index in [9.17, 15) is 0 Å². The fourth-order valence-corrected chi connectivity index (χ4v) is 5.73. The first-order valence-corrected chi connectivity index (χ1v) is 10.4.